The number of fused-ring (bicyclic) bond motifs is 2. The summed E-state index contributed by atoms with van der Waals surface area (Å²) in [6, 6.07) is 10.3. The lowest BCUT2D eigenvalue weighted by Crippen LogP contribution is -2.44. The number of nitrogens with zero attached hydrogens (tertiary/aromatic N) is 2. The lowest BCUT2D eigenvalue weighted by atomic mass is 9.87. The molecule has 3 aliphatic rings. The Morgan fingerprint density at radius 2 is 1.78 bits per heavy atom. The zero-order chi connectivity index (χ0) is 24.6. The first-order valence-electron chi connectivity index (χ1n) is 13.6. The topological polar surface area (TPSA) is 39.3 Å². The number of hydrogen-bond acceptors (Lipinski definition) is 2. The molecule has 6 rings (SSSR count). The van der Waals surface area contributed by atoms with Crippen LogP contribution in [0.4, 0.5) is 8.78 Å². The van der Waals surface area contributed by atoms with Crippen molar-refractivity contribution in [3.8, 4) is 0 Å². The fourth-order valence-electron chi connectivity index (χ4n) is 6.91. The Labute approximate surface area is 211 Å². The average molecular weight is 492 g/mol. The van der Waals surface area contributed by atoms with Gasteiger partial charge in [0.2, 0.25) is 5.91 Å². The number of aromatic nitrogens is 1. The van der Waals surface area contributed by atoms with E-state index in [1.54, 1.807) is 18.2 Å². The number of aromatic amines is 1. The average Bonchev–Trinajstić information content (AvgIpc) is 3.58. The van der Waals surface area contributed by atoms with Gasteiger partial charge >= 0.3 is 0 Å². The number of halogens is 2. The van der Waals surface area contributed by atoms with Gasteiger partial charge in [-0.25, -0.2) is 8.78 Å². The van der Waals surface area contributed by atoms with E-state index in [1.807, 2.05) is 18.3 Å². The first-order chi connectivity index (χ1) is 17.6. The molecule has 2 aromatic carbocycles. The summed E-state index contributed by atoms with van der Waals surface area (Å²) in [6.45, 7) is 3.47. The maximum absolute atomic E-state index is 14.6. The van der Waals surface area contributed by atoms with Gasteiger partial charge in [-0.1, -0.05) is 25.0 Å². The first-order valence-corrected chi connectivity index (χ1v) is 13.6. The van der Waals surface area contributed by atoms with Crippen molar-refractivity contribution < 1.29 is 13.6 Å². The SMILES string of the molecule is O=C(C1CCCC1)N1CCc2c(F)cccc2C1CCN1CCC(c2c[nH]c3ccc(F)cc23)CC1. The number of H-pyrrole nitrogens is 1. The van der Waals surface area contributed by atoms with Crippen LogP contribution in [0.25, 0.3) is 10.9 Å². The molecular weight excluding hydrogens is 456 g/mol. The van der Waals surface area contributed by atoms with E-state index in [4.69, 9.17) is 0 Å². The summed E-state index contributed by atoms with van der Waals surface area (Å²) in [5.41, 5.74) is 4.00. The van der Waals surface area contributed by atoms with Crippen LogP contribution in [-0.2, 0) is 11.2 Å². The van der Waals surface area contributed by atoms with E-state index in [-0.39, 0.29) is 29.5 Å². The molecule has 1 aliphatic carbocycles. The second kappa shape index (κ2) is 9.97. The highest BCUT2D eigenvalue weighted by Crippen LogP contribution is 2.38. The number of amides is 1. The standard InChI is InChI=1S/C30H35F2N3O/c31-22-8-9-28-25(18-22)26(19-33-28)20-10-14-34(15-11-20)16-13-29-24-6-3-7-27(32)23(24)12-17-35(29)30(36)21-4-1-2-5-21/h3,6-9,18-21,29,33H,1-2,4-5,10-17H2. The van der Waals surface area contributed by atoms with Crippen molar-refractivity contribution in [2.24, 2.45) is 5.92 Å². The Morgan fingerprint density at radius 3 is 2.58 bits per heavy atom. The number of nitrogens with one attached hydrogen (secondary N) is 1. The summed E-state index contributed by atoms with van der Waals surface area (Å²) < 4.78 is 28.5. The molecule has 1 aromatic heterocycles. The lowest BCUT2D eigenvalue weighted by molar-refractivity contribution is -0.138. The van der Waals surface area contributed by atoms with Crippen LogP contribution in [0.1, 0.15) is 73.6 Å². The summed E-state index contributed by atoms with van der Waals surface area (Å²) in [5.74, 6) is 0.502. The highest BCUT2D eigenvalue weighted by atomic mass is 19.1. The van der Waals surface area contributed by atoms with Crippen molar-refractivity contribution in [1.82, 2.24) is 14.8 Å². The molecule has 1 unspecified atom stereocenters. The molecule has 3 aromatic rings. The summed E-state index contributed by atoms with van der Waals surface area (Å²) in [5, 5.41) is 0.996. The van der Waals surface area contributed by atoms with Gasteiger partial charge in [-0.15, -0.1) is 0 Å². The quantitative estimate of drug-likeness (QED) is 0.453. The number of carbonyl (C=O) groups excluding carboxylic acids is 1. The molecule has 0 bridgehead atoms. The molecule has 2 fully saturated rings. The van der Waals surface area contributed by atoms with Crippen LogP contribution in [0.5, 0.6) is 0 Å². The van der Waals surface area contributed by atoms with E-state index >= 15 is 0 Å². The van der Waals surface area contributed by atoms with Gasteiger partial charge in [0.05, 0.1) is 6.04 Å². The largest absolute Gasteiger partial charge is 0.361 e. The molecule has 190 valence electrons. The van der Waals surface area contributed by atoms with Crippen molar-refractivity contribution in [2.45, 2.75) is 63.3 Å². The number of piperidine rings is 1. The van der Waals surface area contributed by atoms with Crippen molar-refractivity contribution in [3.05, 3.63) is 70.9 Å². The Hall–Kier alpha value is -2.73. The third-order valence-electron chi connectivity index (χ3n) is 8.90. The number of benzene rings is 2. The van der Waals surface area contributed by atoms with E-state index in [2.05, 4.69) is 14.8 Å². The molecule has 0 radical (unpaired) electrons. The Balaban J connectivity index is 1.14. The van der Waals surface area contributed by atoms with Gasteiger partial charge in [-0.05, 0) is 98.5 Å². The van der Waals surface area contributed by atoms with Crippen molar-refractivity contribution in [1.29, 1.82) is 0 Å². The van der Waals surface area contributed by atoms with E-state index in [0.29, 0.717) is 18.9 Å². The third kappa shape index (κ3) is 4.45. The Bertz CT molecular complexity index is 1240. The molecule has 2 aliphatic heterocycles. The summed E-state index contributed by atoms with van der Waals surface area (Å²) in [4.78, 5) is 21.3. The summed E-state index contributed by atoms with van der Waals surface area (Å²) in [7, 11) is 0. The Kier molecular flexibility index (Phi) is 6.55. The van der Waals surface area contributed by atoms with Crippen LogP contribution in [0.2, 0.25) is 0 Å². The number of likely N-dealkylation sites (tertiary alicyclic amines) is 1. The van der Waals surface area contributed by atoms with Gasteiger partial charge in [-0.2, -0.15) is 0 Å². The van der Waals surface area contributed by atoms with Crippen molar-refractivity contribution in [2.75, 3.05) is 26.2 Å². The van der Waals surface area contributed by atoms with Gasteiger partial charge in [0.1, 0.15) is 11.6 Å². The van der Waals surface area contributed by atoms with Crippen molar-refractivity contribution in [3.63, 3.8) is 0 Å². The summed E-state index contributed by atoms with van der Waals surface area (Å²) >= 11 is 0. The smallest absolute Gasteiger partial charge is 0.226 e. The van der Waals surface area contributed by atoms with Gasteiger partial charge < -0.3 is 14.8 Å². The predicted octanol–water partition coefficient (Wildman–Crippen LogP) is 6.33. The van der Waals surface area contributed by atoms with E-state index in [9.17, 15) is 13.6 Å². The minimum absolute atomic E-state index is 0.0492. The van der Waals surface area contributed by atoms with Crippen molar-refractivity contribution >= 4 is 16.8 Å². The molecule has 36 heavy (non-hydrogen) atoms. The molecule has 3 heterocycles. The Morgan fingerprint density at radius 1 is 0.972 bits per heavy atom. The zero-order valence-electron chi connectivity index (χ0n) is 20.8. The van der Waals surface area contributed by atoms with Crippen LogP contribution < -0.4 is 0 Å². The fraction of sp³-hybridized carbons (Fsp3) is 0.500. The van der Waals surface area contributed by atoms with Gasteiger partial charge in [-0.3, -0.25) is 4.79 Å². The second-order valence-electron chi connectivity index (χ2n) is 10.9. The maximum Gasteiger partial charge on any atom is 0.226 e. The zero-order valence-corrected chi connectivity index (χ0v) is 20.8. The minimum atomic E-state index is -0.193. The summed E-state index contributed by atoms with van der Waals surface area (Å²) in [6.07, 6.45) is 9.80. The minimum Gasteiger partial charge on any atom is -0.361 e. The van der Waals surface area contributed by atoms with Crippen LogP contribution in [0.3, 0.4) is 0 Å². The molecule has 6 heteroatoms. The highest BCUT2D eigenvalue weighted by Gasteiger charge is 2.36. The molecule has 4 nitrogen and oxygen atoms in total. The number of hydrogen-bond donors (Lipinski definition) is 1. The number of rotatable bonds is 5. The van der Waals surface area contributed by atoms with Crippen LogP contribution in [-0.4, -0.2) is 46.9 Å². The maximum atomic E-state index is 14.6. The van der Waals surface area contributed by atoms with E-state index < -0.39 is 0 Å². The van der Waals surface area contributed by atoms with E-state index in [0.717, 1.165) is 86.6 Å². The van der Waals surface area contributed by atoms with Crippen LogP contribution >= 0.6 is 0 Å². The lowest BCUT2D eigenvalue weighted by Gasteiger charge is -2.40. The van der Waals surface area contributed by atoms with Crippen LogP contribution in [0, 0.1) is 17.6 Å². The number of carbonyl (C=O) groups is 1. The third-order valence-corrected chi connectivity index (χ3v) is 8.90. The molecule has 1 N–H and O–H groups in total. The van der Waals surface area contributed by atoms with Gasteiger partial charge in [0, 0.05) is 36.1 Å². The normalized spacial score (nSPS) is 21.8. The first kappa shape index (κ1) is 23.7. The molecule has 1 atom stereocenters. The van der Waals surface area contributed by atoms with Gasteiger partial charge in [0.15, 0.2) is 0 Å². The molecule has 1 saturated carbocycles. The predicted molar refractivity (Wildman–Crippen MR) is 138 cm³/mol. The molecular formula is C30H35F2N3O. The van der Waals surface area contributed by atoms with E-state index in [1.165, 1.54) is 11.6 Å². The van der Waals surface area contributed by atoms with Crippen LogP contribution in [0.15, 0.2) is 42.6 Å². The monoisotopic (exact) mass is 491 g/mol. The highest BCUT2D eigenvalue weighted by molar-refractivity contribution is 5.83. The molecule has 1 amide bonds. The van der Waals surface area contributed by atoms with Gasteiger partial charge in [0.25, 0.3) is 0 Å². The molecule has 1 saturated heterocycles. The second-order valence-corrected chi connectivity index (χ2v) is 10.9. The fourth-order valence-corrected chi connectivity index (χ4v) is 6.91. The molecule has 0 spiro atoms.